The summed E-state index contributed by atoms with van der Waals surface area (Å²) in [4.78, 5) is 52.0. The Labute approximate surface area is 207 Å². The van der Waals surface area contributed by atoms with Gasteiger partial charge in [-0.05, 0) is 57.7 Å². The summed E-state index contributed by atoms with van der Waals surface area (Å²) in [5.41, 5.74) is 6.88. The van der Waals surface area contributed by atoms with E-state index in [2.05, 4.69) is 10.6 Å². The van der Waals surface area contributed by atoms with Gasteiger partial charge in [-0.3, -0.25) is 14.4 Å². The number of nitrogens with zero attached hydrogens (tertiary/aromatic N) is 2. The van der Waals surface area contributed by atoms with E-state index in [1.54, 1.807) is 32.9 Å². The summed E-state index contributed by atoms with van der Waals surface area (Å²) in [5.74, 6) is -2.11. The van der Waals surface area contributed by atoms with E-state index in [-0.39, 0.29) is 0 Å². The molecule has 0 radical (unpaired) electrons. The number of nitrogens with two attached hydrogens (primary N) is 1. The van der Waals surface area contributed by atoms with Crippen LogP contribution in [0.25, 0.3) is 0 Å². The average Bonchev–Trinajstić information content (AvgIpc) is 2.73. The van der Waals surface area contributed by atoms with Gasteiger partial charge in [-0.1, -0.05) is 31.5 Å². The number of rotatable bonds is 11. The van der Waals surface area contributed by atoms with Gasteiger partial charge in [-0.15, -0.1) is 0 Å². The molecule has 2 unspecified atom stereocenters. The van der Waals surface area contributed by atoms with E-state index < -0.39 is 54.5 Å². The molecule has 0 spiro atoms. The van der Waals surface area contributed by atoms with Crippen molar-refractivity contribution in [3.05, 3.63) is 34.9 Å². The molecule has 0 saturated carbocycles. The molecule has 4 N–H and O–H groups in total. The van der Waals surface area contributed by atoms with Crippen molar-refractivity contribution in [2.45, 2.75) is 78.5 Å². The van der Waals surface area contributed by atoms with E-state index in [1.165, 1.54) is 0 Å². The van der Waals surface area contributed by atoms with E-state index in [1.807, 2.05) is 32.9 Å². The Bertz CT molecular complexity index is 964. The number of nitriles is 1. The number of unbranched alkanes of at least 4 members (excludes halogenated alkanes) is 1. The summed E-state index contributed by atoms with van der Waals surface area (Å²) in [7, 11) is 0. The second kappa shape index (κ2) is 13.3. The first kappa shape index (κ1) is 29.4. The van der Waals surface area contributed by atoms with Crippen molar-refractivity contribution in [2.75, 3.05) is 13.1 Å². The molecule has 2 atom stereocenters. The second-order valence-electron chi connectivity index (χ2n) is 9.38. The normalized spacial score (nSPS) is 12.6. The number of alkyl carbamates (subject to hydrolysis) is 1. The lowest BCUT2D eigenvalue weighted by Crippen LogP contribution is -2.54. The van der Waals surface area contributed by atoms with Crippen LogP contribution >= 0.6 is 0 Å². The van der Waals surface area contributed by atoms with Crippen LogP contribution in [0.2, 0.25) is 0 Å². The third kappa shape index (κ3) is 9.65. The Morgan fingerprint density at radius 1 is 1.17 bits per heavy atom. The standard InChI is InChI=1S/C25H37N5O5/c1-7-8-12-28-22(32)21(18-10-9-16(2)17(3)14-18)30(13-11-26)23(33)19(15-20(27)31)29-24(34)35-25(4,5)6/h9-10,14,19,21H,7-8,12-13,15H2,1-6H3,(H2,27,31)(H,28,32)(H,29,34). The number of aryl methyl sites for hydroxylation is 2. The molecule has 0 aliphatic carbocycles. The van der Waals surface area contributed by atoms with Crippen molar-refractivity contribution >= 4 is 23.8 Å². The van der Waals surface area contributed by atoms with Gasteiger partial charge < -0.3 is 26.0 Å². The third-order valence-electron chi connectivity index (χ3n) is 5.15. The smallest absolute Gasteiger partial charge is 0.408 e. The minimum Gasteiger partial charge on any atom is -0.444 e. The Morgan fingerprint density at radius 2 is 1.83 bits per heavy atom. The van der Waals surface area contributed by atoms with Gasteiger partial charge in [0.2, 0.25) is 17.7 Å². The molecule has 1 rings (SSSR count). The molecule has 0 heterocycles. The van der Waals surface area contributed by atoms with Gasteiger partial charge in [0.15, 0.2) is 0 Å². The van der Waals surface area contributed by atoms with Crippen molar-refractivity contribution < 1.29 is 23.9 Å². The zero-order chi connectivity index (χ0) is 26.8. The Morgan fingerprint density at radius 3 is 2.34 bits per heavy atom. The highest BCUT2D eigenvalue weighted by Crippen LogP contribution is 2.25. The number of nitrogens with one attached hydrogen (secondary N) is 2. The second-order valence-corrected chi connectivity index (χ2v) is 9.38. The van der Waals surface area contributed by atoms with E-state index in [0.717, 1.165) is 28.9 Å². The van der Waals surface area contributed by atoms with Crippen molar-refractivity contribution in [1.29, 1.82) is 5.26 Å². The van der Waals surface area contributed by atoms with Gasteiger partial charge in [0, 0.05) is 6.54 Å². The fraction of sp³-hybridized carbons (Fsp3) is 0.560. The quantitative estimate of drug-likeness (QED) is 0.321. The monoisotopic (exact) mass is 487 g/mol. The maximum absolute atomic E-state index is 13.6. The first-order valence-corrected chi connectivity index (χ1v) is 11.6. The molecule has 4 amide bonds. The highest BCUT2D eigenvalue weighted by molar-refractivity contribution is 5.94. The number of carbonyl (C=O) groups is 4. The van der Waals surface area contributed by atoms with Crippen LogP contribution in [-0.4, -0.2) is 53.4 Å². The van der Waals surface area contributed by atoms with Crippen LogP contribution in [0.4, 0.5) is 4.79 Å². The first-order valence-electron chi connectivity index (χ1n) is 11.6. The minimum absolute atomic E-state index is 0.395. The van der Waals surface area contributed by atoms with Gasteiger partial charge in [-0.2, -0.15) is 5.26 Å². The van der Waals surface area contributed by atoms with Gasteiger partial charge in [0.25, 0.3) is 0 Å². The number of carbonyl (C=O) groups excluding carboxylic acids is 4. The molecule has 0 aliphatic heterocycles. The summed E-state index contributed by atoms with van der Waals surface area (Å²) in [6.07, 6.45) is 0.138. The van der Waals surface area contributed by atoms with Crippen LogP contribution in [0.5, 0.6) is 0 Å². The third-order valence-corrected chi connectivity index (χ3v) is 5.15. The van der Waals surface area contributed by atoms with Crippen LogP contribution in [-0.2, 0) is 19.1 Å². The van der Waals surface area contributed by atoms with Gasteiger partial charge in [0.1, 0.15) is 24.2 Å². The predicted octanol–water partition coefficient (Wildman–Crippen LogP) is 2.38. The van der Waals surface area contributed by atoms with Gasteiger partial charge in [-0.25, -0.2) is 4.79 Å². The van der Waals surface area contributed by atoms with Crippen LogP contribution in [0.15, 0.2) is 18.2 Å². The Kier molecular flexibility index (Phi) is 11.2. The zero-order valence-electron chi connectivity index (χ0n) is 21.4. The molecule has 10 heteroatoms. The molecule has 0 bridgehead atoms. The molecular weight excluding hydrogens is 450 g/mol. The topological polar surface area (TPSA) is 155 Å². The summed E-state index contributed by atoms with van der Waals surface area (Å²) in [6, 6.07) is 4.65. The van der Waals surface area contributed by atoms with Crippen LogP contribution < -0.4 is 16.4 Å². The van der Waals surface area contributed by atoms with Crippen LogP contribution in [0, 0.1) is 25.2 Å². The number of amides is 4. The average molecular weight is 488 g/mol. The maximum Gasteiger partial charge on any atom is 0.408 e. The molecule has 0 fully saturated rings. The van der Waals surface area contributed by atoms with E-state index in [4.69, 9.17) is 10.5 Å². The first-order chi connectivity index (χ1) is 16.3. The number of primary amides is 1. The van der Waals surface area contributed by atoms with Crippen molar-refractivity contribution in [3.63, 3.8) is 0 Å². The van der Waals surface area contributed by atoms with Gasteiger partial charge >= 0.3 is 6.09 Å². The number of benzene rings is 1. The van der Waals surface area contributed by atoms with Crippen molar-refractivity contribution in [1.82, 2.24) is 15.5 Å². The zero-order valence-corrected chi connectivity index (χ0v) is 21.4. The molecule has 0 aliphatic rings. The lowest BCUT2D eigenvalue weighted by molar-refractivity contribution is -0.142. The molecule has 0 saturated heterocycles. The van der Waals surface area contributed by atoms with Gasteiger partial charge in [0.05, 0.1) is 12.5 Å². The largest absolute Gasteiger partial charge is 0.444 e. The molecule has 192 valence electrons. The summed E-state index contributed by atoms with van der Waals surface area (Å²) < 4.78 is 5.21. The van der Waals surface area contributed by atoms with Crippen LogP contribution in [0.1, 0.15) is 69.7 Å². The fourth-order valence-corrected chi connectivity index (χ4v) is 3.32. The number of hydrogen-bond donors (Lipinski definition) is 3. The number of hydrogen-bond acceptors (Lipinski definition) is 6. The predicted molar refractivity (Wildman–Crippen MR) is 131 cm³/mol. The Hall–Kier alpha value is -3.61. The lowest BCUT2D eigenvalue weighted by Gasteiger charge is -2.33. The van der Waals surface area contributed by atoms with E-state index >= 15 is 0 Å². The lowest BCUT2D eigenvalue weighted by atomic mass is 9.98. The van der Waals surface area contributed by atoms with E-state index in [0.29, 0.717) is 12.1 Å². The van der Waals surface area contributed by atoms with Crippen LogP contribution in [0.3, 0.4) is 0 Å². The summed E-state index contributed by atoms with van der Waals surface area (Å²) >= 11 is 0. The highest BCUT2D eigenvalue weighted by atomic mass is 16.6. The van der Waals surface area contributed by atoms with E-state index in [9.17, 15) is 24.4 Å². The fourth-order valence-electron chi connectivity index (χ4n) is 3.32. The highest BCUT2D eigenvalue weighted by Gasteiger charge is 2.37. The Balaban J connectivity index is 3.45. The summed E-state index contributed by atoms with van der Waals surface area (Å²) in [6.45, 7) is 10.7. The van der Waals surface area contributed by atoms with Crippen molar-refractivity contribution in [3.8, 4) is 6.07 Å². The molecule has 10 nitrogen and oxygen atoms in total. The maximum atomic E-state index is 13.6. The molecule has 35 heavy (non-hydrogen) atoms. The SMILES string of the molecule is CCCCNC(=O)C(c1ccc(C)c(C)c1)N(CC#N)C(=O)C(CC(N)=O)NC(=O)OC(C)(C)C. The molecular formula is C25H37N5O5. The molecule has 1 aromatic rings. The minimum atomic E-state index is -1.42. The van der Waals surface area contributed by atoms with Crippen molar-refractivity contribution in [2.24, 2.45) is 5.73 Å². The number of ether oxygens (including phenoxy) is 1. The molecule has 1 aromatic carbocycles. The summed E-state index contributed by atoms with van der Waals surface area (Å²) in [5, 5.41) is 14.7. The molecule has 0 aromatic heterocycles.